The van der Waals surface area contributed by atoms with Gasteiger partial charge in [-0.1, -0.05) is 13.8 Å². The summed E-state index contributed by atoms with van der Waals surface area (Å²) >= 11 is 0. The first kappa shape index (κ1) is 12.2. The van der Waals surface area contributed by atoms with Crippen LogP contribution in [-0.2, 0) is 19.0 Å². The molecule has 1 spiro atoms. The van der Waals surface area contributed by atoms with Gasteiger partial charge in [0.05, 0.1) is 5.92 Å². The molecule has 4 rings (SSSR count). The molecule has 3 heterocycles. The minimum atomic E-state index is -0.555. The summed E-state index contributed by atoms with van der Waals surface area (Å²) in [6.45, 7) is 6.28. The smallest absolute Gasteiger partial charge is 0.311 e. The van der Waals surface area contributed by atoms with Crippen LogP contribution in [-0.4, -0.2) is 23.6 Å². The predicted octanol–water partition coefficient (Wildman–Crippen LogP) is 2.46. The van der Waals surface area contributed by atoms with E-state index in [9.17, 15) is 4.79 Å². The number of hydrogen-bond donors (Lipinski definition) is 0. The number of ether oxygens (including phenoxy) is 3. The van der Waals surface area contributed by atoms with Gasteiger partial charge in [0, 0.05) is 12.3 Å². The highest BCUT2D eigenvalue weighted by atomic mass is 16.8. The fraction of sp³-hybridized carbons (Fsp3) is 0.933. The van der Waals surface area contributed by atoms with E-state index in [1.165, 1.54) is 6.42 Å². The third-order valence-corrected chi connectivity index (χ3v) is 6.00. The van der Waals surface area contributed by atoms with E-state index in [1.807, 2.05) is 13.8 Å². The number of carbonyl (C=O) groups excluding carboxylic acids is 1. The van der Waals surface area contributed by atoms with E-state index in [0.29, 0.717) is 11.8 Å². The molecule has 0 amide bonds. The van der Waals surface area contributed by atoms with Crippen LogP contribution in [0.2, 0.25) is 0 Å². The van der Waals surface area contributed by atoms with Gasteiger partial charge in [-0.25, -0.2) is 0 Å². The Kier molecular flexibility index (Phi) is 2.26. The van der Waals surface area contributed by atoms with Gasteiger partial charge < -0.3 is 14.2 Å². The van der Waals surface area contributed by atoms with Crippen molar-refractivity contribution in [1.82, 2.24) is 0 Å². The Hall–Kier alpha value is -0.610. The van der Waals surface area contributed by atoms with Crippen LogP contribution in [0, 0.1) is 23.7 Å². The van der Waals surface area contributed by atoms with Gasteiger partial charge in [0.1, 0.15) is 5.60 Å². The molecule has 3 saturated heterocycles. The van der Waals surface area contributed by atoms with Crippen LogP contribution in [0.3, 0.4) is 0 Å². The van der Waals surface area contributed by atoms with Crippen molar-refractivity contribution in [3.05, 3.63) is 0 Å². The Morgan fingerprint density at radius 2 is 1.95 bits per heavy atom. The Morgan fingerprint density at radius 3 is 2.74 bits per heavy atom. The zero-order valence-corrected chi connectivity index (χ0v) is 11.8. The first-order valence-corrected chi connectivity index (χ1v) is 7.55. The standard InChI is InChI=1S/C15H22O4/c1-8-4-5-11-9(2)12(16)17-13-15(11)10(8)6-7-14(3,18-13)19-15/h8-11,13H,4-7H2,1-3H3/t8-,9-,10+,11+,13-,14+,15?/m1/s1. The highest BCUT2D eigenvalue weighted by Gasteiger charge is 2.72. The molecule has 106 valence electrons. The number of carbonyl (C=O) groups is 1. The van der Waals surface area contributed by atoms with Crippen LogP contribution in [0.25, 0.3) is 0 Å². The van der Waals surface area contributed by atoms with E-state index < -0.39 is 12.1 Å². The van der Waals surface area contributed by atoms with Crippen LogP contribution in [0.15, 0.2) is 0 Å². The second-order valence-corrected chi connectivity index (χ2v) is 7.07. The Balaban J connectivity index is 1.84. The summed E-state index contributed by atoms with van der Waals surface area (Å²) < 4.78 is 18.0. The minimum Gasteiger partial charge on any atom is -0.432 e. The molecule has 4 nitrogen and oxygen atoms in total. The summed E-state index contributed by atoms with van der Waals surface area (Å²) in [6, 6.07) is 0. The average molecular weight is 266 g/mol. The van der Waals surface area contributed by atoms with Gasteiger partial charge in [-0.05, 0) is 38.0 Å². The highest BCUT2D eigenvalue weighted by Crippen LogP contribution is 2.62. The lowest BCUT2D eigenvalue weighted by molar-refractivity contribution is -0.263. The largest absolute Gasteiger partial charge is 0.432 e. The molecule has 4 aliphatic rings. The normalized spacial score (nSPS) is 59.5. The number of rotatable bonds is 0. The van der Waals surface area contributed by atoms with Gasteiger partial charge in [0.2, 0.25) is 6.29 Å². The van der Waals surface area contributed by atoms with Crippen LogP contribution in [0.4, 0.5) is 0 Å². The molecule has 1 unspecified atom stereocenters. The van der Waals surface area contributed by atoms with E-state index in [4.69, 9.17) is 14.2 Å². The molecule has 3 aliphatic heterocycles. The molecule has 1 aliphatic carbocycles. The van der Waals surface area contributed by atoms with Crippen LogP contribution < -0.4 is 0 Å². The molecule has 2 bridgehead atoms. The van der Waals surface area contributed by atoms with Gasteiger partial charge in [0.25, 0.3) is 0 Å². The molecular weight excluding hydrogens is 244 g/mol. The van der Waals surface area contributed by atoms with E-state index in [2.05, 4.69) is 6.92 Å². The van der Waals surface area contributed by atoms with Crippen molar-refractivity contribution in [2.45, 2.75) is 64.1 Å². The van der Waals surface area contributed by atoms with Crippen molar-refractivity contribution in [2.75, 3.05) is 0 Å². The number of fused-ring (bicyclic) bond motifs is 1. The number of hydrogen-bond acceptors (Lipinski definition) is 4. The van der Waals surface area contributed by atoms with Crippen LogP contribution in [0.5, 0.6) is 0 Å². The first-order valence-electron chi connectivity index (χ1n) is 7.55. The van der Waals surface area contributed by atoms with Crippen molar-refractivity contribution in [3.63, 3.8) is 0 Å². The van der Waals surface area contributed by atoms with Crippen LogP contribution in [0.1, 0.15) is 46.5 Å². The zero-order valence-electron chi connectivity index (χ0n) is 11.8. The highest BCUT2D eigenvalue weighted by molar-refractivity contribution is 5.74. The Bertz CT molecular complexity index is 436. The van der Waals surface area contributed by atoms with Crippen LogP contribution >= 0.6 is 0 Å². The molecule has 0 aromatic heterocycles. The topological polar surface area (TPSA) is 44.8 Å². The fourth-order valence-corrected chi connectivity index (χ4v) is 5.03. The maximum Gasteiger partial charge on any atom is 0.311 e. The molecule has 4 heteroatoms. The van der Waals surface area contributed by atoms with Crippen molar-refractivity contribution in [2.24, 2.45) is 23.7 Å². The lowest BCUT2D eigenvalue weighted by Crippen LogP contribution is -2.65. The van der Waals surface area contributed by atoms with Crippen molar-refractivity contribution >= 4 is 5.97 Å². The summed E-state index contributed by atoms with van der Waals surface area (Å²) in [4.78, 5) is 12.1. The van der Waals surface area contributed by atoms with E-state index >= 15 is 0 Å². The van der Waals surface area contributed by atoms with Gasteiger partial charge in [-0.2, -0.15) is 0 Å². The molecule has 0 radical (unpaired) electrons. The maximum absolute atomic E-state index is 12.1. The molecule has 7 atom stereocenters. The third-order valence-electron chi connectivity index (χ3n) is 6.00. The molecule has 0 aromatic carbocycles. The number of esters is 1. The third kappa shape index (κ3) is 1.34. The summed E-state index contributed by atoms with van der Waals surface area (Å²) in [5.74, 6) is 0.586. The van der Waals surface area contributed by atoms with Gasteiger partial charge >= 0.3 is 5.97 Å². The van der Waals surface area contributed by atoms with Crippen molar-refractivity contribution in [3.8, 4) is 0 Å². The van der Waals surface area contributed by atoms with Crippen molar-refractivity contribution in [1.29, 1.82) is 0 Å². The second kappa shape index (κ2) is 3.53. The second-order valence-electron chi connectivity index (χ2n) is 7.07. The van der Waals surface area contributed by atoms with E-state index in [0.717, 1.165) is 19.3 Å². The van der Waals surface area contributed by atoms with Gasteiger partial charge in [-0.15, -0.1) is 0 Å². The minimum absolute atomic E-state index is 0.0738. The van der Waals surface area contributed by atoms with Gasteiger partial charge in [-0.3, -0.25) is 4.79 Å². The van der Waals surface area contributed by atoms with Gasteiger partial charge in [0.15, 0.2) is 5.79 Å². The summed E-state index contributed by atoms with van der Waals surface area (Å²) in [7, 11) is 0. The molecular formula is C15H22O4. The van der Waals surface area contributed by atoms with Crippen molar-refractivity contribution < 1.29 is 19.0 Å². The fourth-order valence-electron chi connectivity index (χ4n) is 5.03. The first-order chi connectivity index (χ1) is 8.96. The molecule has 0 aromatic rings. The zero-order chi connectivity index (χ0) is 13.4. The predicted molar refractivity (Wildman–Crippen MR) is 67.0 cm³/mol. The summed E-state index contributed by atoms with van der Waals surface area (Å²) in [5, 5.41) is 0. The SMILES string of the molecule is C[C@@H]1CC[C@H]2[C@@H](C)C(=O)O[C@@H]3O[C@]4(C)CC[C@@H]1C32O4. The average Bonchev–Trinajstić information content (AvgIpc) is 2.56. The molecule has 19 heavy (non-hydrogen) atoms. The molecule has 1 saturated carbocycles. The molecule has 0 N–H and O–H groups in total. The summed E-state index contributed by atoms with van der Waals surface area (Å²) in [5.41, 5.74) is -0.377. The lowest BCUT2D eigenvalue weighted by atomic mass is 9.57. The monoisotopic (exact) mass is 266 g/mol. The summed E-state index contributed by atoms with van der Waals surface area (Å²) in [6.07, 6.45) is 3.76. The molecule has 4 fully saturated rings. The maximum atomic E-state index is 12.1. The van der Waals surface area contributed by atoms with E-state index in [1.54, 1.807) is 0 Å². The quantitative estimate of drug-likeness (QED) is 0.632. The lowest BCUT2D eigenvalue weighted by Gasteiger charge is -2.56. The Morgan fingerprint density at radius 1 is 1.16 bits per heavy atom. The Labute approximate surface area is 113 Å². The van der Waals surface area contributed by atoms with E-state index in [-0.39, 0.29) is 23.4 Å².